The second-order valence-corrected chi connectivity index (χ2v) is 7.26. The van der Waals surface area contributed by atoms with Gasteiger partial charge in [0.15, 0.2) is 5.96 Å². The Labute approximate surface area is 165 Å². The number of aliphatic imine (C=N–C) groups is 1. The second kappa shape index (κ2) is 11.8. The first-order valence-electron chi connectivity index (χ1n) is 10.2. The molecule has 0 aliphatic carbocycles. The van der Waals surface area contributed by atoms with Crippen LogP contribution in [0.1, 0.15) is 30.9 Å². The summed E-state index contributed by atoms with van der Waals surface area (Å²) in [5, 5.41) is 6.78. The van der Waals surface area contributed by atoms with Crippen molar-refractivity contribution in [2.75, 3.05) is 65.4 Å². The molecule has 0 bridgehead atoms. The Bertz CT molecular complexity index is 590. The summed E-state index contributed by atoms with van der Waals surface area (Å²) < 4.78 is 5.11. The molecule has 152 valence electrons. The molecule has 1 aromatic carbocycles. The fourth-order valence-corrected chi connectivity index (χ4v) is 3.40. The summed E-state index contributed by atoms with van der Waals surface area (Å²) in [6.07, 6.45) is 3.47. The van der Waals surface area contributed by atoms with Crippen LogP contribution in [0.5, 0.6) is 0 Å². The van der Waals surface area contributed by atoms with Gasteiger partial charge in [-0.25, -0.2) is 4.99 Å². The number of guanidine groups is 1. The highest BCUT2D eigenvalue weighted by molar-refractivity contribution is 5.79. The van der Waals surface area contributed by atoms with Gasteiger partial charge in [0.25, 0.3) is 0 Å². The van der Waals surface area contributed by atoms with Crippen LogP contribution in [0.2, 0.25) is 0 Å². The maximum atomic E-state index is 5.11. The Morgan fingerprint density at radius 1 is 1.30 bits per heavy atom. The lowest BCUT2D eigenvalue weighted by Crippen LogP contribution is -2.41. The van der Waals surface area contributed by atoms with E-state index in [1.807, 2.05) is 0 Å². The number of hydrogen-bond acceptors (Lipinski definition) is 4. The van der Waals surface area contributed by atoms with Gasteiger partial charge in [0, 0.05) is 59.2 Å². The van der Waals surface area contributed by atoms with Gasteiger partial charge < -0.3 is 25.2 Å². The van der Waals surface area contributed by atoms with Crippen molar-refractivity contribution in [1.82, 2.24) is 15.5 Å². The maximum Gasteiger partial charge on any atom is 0.191 e. The van der Waals surface area contributed by atoms with Crippen LogP contribution >= 0.6 is 0 Å². The molecule has 0 amide bonds. The fraction of sp³-hybridized carbons (Fsp3) is 0.667. The van der Waals surface area contributed by atoms with E-state index < -0.39 is 0 Å². The number of benzene rings is 1. The van der Waals surface area contributed by atoms with Gasteiger partial charge in [0.1, 0.15) is 0 Å². The number of anilines is 1. The van der Waals surface area contributed by atoms with Crippen LogP contribution in [0.4, 0.5) is 5.69 Å². The van der Waals surface area contributed by atoms with E-state index in [-0.39, 0.29) is 0 Å². The van der Waals surface area contributed by atoms with E-state index in [0.29, 0.717) is 6.54 Å². The van der Waals surface area contributed by atoms with Crippen LogP contribution in [0.25, 0.3) is 0 Å². The van der Waals surface area contributed by atoms with Crippen molar-refractivity contribution in [2.24, 2.45) is 4.99 Å². The molecule has 0 saturated carbocycles. The van der Waals surface area contributed by atoms with Gasteiger partial charge in [-0.3, -0.25) is 0 Å². The van der Waals surface area contributed by atoms with Crippen LogP contribution in [0, 0.1) is 0 Å². The zero-order valence-corrected chi connectivity index (χ0v) is 17.6. The molecular weight excluding hydrogens is 338 g/mol. The molecule has 1 aliphatic rings. The predicted molar refractivity (Wildman–Crippen MR) is 115 cm³/mol. The summed E-state index contributed by atoms with van der Waals surface area (Å²) in [5.74, 6) is 0.887. The summed E-state index contributed by atoms with van der Waals surface area (Å²) in [7, 11) is 6.07. The molecule has 6 heteroatoms. The third-order valence-electron chi connectivity index (χ3n) is 4.93. The largest absolute Gasteiger partial charge is 0.385 e. The second-order valence-electron chi connectivity index (χ2n) is 7.26. The summed E-state index contributed by atoms with van der Waals surface area (Å²) in [6, 6.07) is 6.77. The first-order chi connectivity index (χ1) is 13.1. The van der Waals surface area contributed by atoms with Crippen molar-refractivity contribution >= 4 is 11.6 Å². The summed E-state index contributed by atoms with van der Waals surface area (Å²) in [5.41, 5.74) is 4.10. The number of methoxy groups -OCH3 is 1. The Morgan fingerprint density at radius 3 is 2.93 bits per heavy atom. The molecule has 2 N–H and O–H groups in total. The lowest BCUT2D eigenvalue weighted by atomic mass is 10.00. The molecule has 0 fully saturated rings. The molecule has 0 aromatic heterocycles. The summed E-state index contributed by atoms with van der Waals surface area (Å²) in [4.78, 5) is 9.43. The zero-order valence-electron chi connectivity index (χ0n) is 17.6. The lowest BCUT2D eigenvalue weighted by Gasteiger charge is -2.27. The Morgan fingerprint density at radius 2 is 2.15 bits per heavy atom. The van der Waals surface area contributed by atoms with Crippen molar-refractivity contribution in [3.63, 3.8) is 0 Å². The fourth-order valence-electron chi connectivity index (χ4n) is 3.40. The van der Waals surface area contributed by atoms with Crippen molar-refractivity contribution in [3.8, 4) is 0 Å². The SMILES string of the molecule is CCNC(=NCc1ccc2c(c1)CCCN2C)NCCN(C)CCCOC. The standard InChI is InChI=1S/C21H37N5O/c1-5-22-21(23-11-14-25(2)12-7-15-27-4)24-17-18-9-10-20-19(16-18)8-6-13-26(20)3/h9-10,16H,5-8,11-15,17H2,1-4H3,(H2,22,23,24). The maximum absolute atomic E-state index is 5.11. The van der Waals surface area contributed by atoms with Gasteiger partial charge in [-0.05, 0) is 50.4 Å². The third-order valence-corrected chi connectivity index (χ3v) is 4.93. The van der Waals surface area contributed by atoms with Gasteiger partial charge in [0.05, 0.1) is 6.54 Å². The lowest BCUT2D eigenvalue weighted by molar-refractivity contribution is 0.180. The predicted octanol–water partition coefficient (Wildman–Crippen LogP) is 2.09. The minimum atomic E-state index is 0.704. The summed E-state index contributed by atoms with van der Waals surface area (Å²) >= 11 is 0. The number of rotatable bonds is 10. The molecule has 0 unspecified atom stereocenters. The molecule has 0 radical (unpaired) electrons. The van der Waals surface area contributed by atoms with Crippen molar-refractivity contribution in [3.05, 3.63) is 29.3 Å². The van der Waals surface area contributed by atoms with E-state index in [1.165, 1.54) is 29.7 Å². The molecule has 2 rings (SSSR count). The molecule has 27 heavy (non-hydrogen) atoms. The highest BCUT2D eigenvalue weighted by Crippen LogP contribution is 2.26. The van der Waals surface area contributed by atoms with Crippen molar-refractivity contribution in [2.45, 2.75) is 32.7 Å². The van der Waals surface area contributed by atoms with Crippen LogP contribution < -0.4 is 15.5 Å². The Balaban J connectivity index is 1.84. The number of fused-ring (bicyclic) bond motifs is 1. The van der Waals surface area contributed by atoms with Crippen molar-refractivity contribution in [1.29, 1.82) is 0 Å². The van der Waals surface area contributed by atoms with Crippen LogP contribution in [0.3, 0.4) is 0 Å². The van der Waals surface area contributed by atoms with E-state index in [1.54, 1.807) is 7.11 Å². The van der Waals surface area contributed by atoms with Crippen LogP contribution in [-0.2, 0) is 17.7 Å². The normalized spacial score (nSPS) is 14.4. The van der Waals surface area contributed by atoms with Gasteiger partial charge >= 0.3 is 0 Å². The molecule has 1 aliphatic heterocycles. The number of aryl methyl sites for hydroxylation is 1. The Kier molecular flexibility index (Phi) is 9.42. The molecule has 0 saturated heterocycles. The van der Waals surface area contributed by atoms with E-state index >= 15 is 0 Å². The minimum absolute atomic E-state index is 0.704. The van der Waals surface area contributed by atoms with Crippen LogP contribution in [-0.4, -0.2) is 71.4 Å². The van der Waals surface area contributed by atoms with Gasteiger partial charge in [0.2, 0.25) is 0 Å². The molecule has 0 atom stereocenters. The third kappa shape index (κ3) is 7.39. The Hall–Kier alpha value is -1.79. The zero-order chi connectivity index (χ0) is 19.5. The van der Waals surface area contributed by atoms with E-state index in [9.17, 15) is 0 Å². The quantitative estimate of drug-likeness (QED) is 0.373. The first-order valence-corrected chi connectivity index (χ1v) is 10.2. The smallest absolute Gasteiger partial charge is 0.191 e. The average molecular weight is 376 g/mol. The topological polar surface area (TPSA) is 52.1 Å². The number of ether oxygens (including phenoxy) is 1. The van der Waals surface area contributed by atoms with Gasteiger partial charge in [-0.2, -0.15) is 0 Å². The molecule has 6 nitrogen and oxygen atoms in total. The molecule has 0 spiro atoms. The number of nitrogens with zero attached hydrogens (tertiary/aromatic N) is 3. The van der Waals surface area contributed by atoms with E-state index in [0.717, 1.165) is 51.7 Å². The molecule has 1 aromatic rings. The molecular formula is C21H37N5O. The number of nitrogens with one attached hydrogen (secondary N) is 2. The van der Waals surface area contributed by atoms with E-state index in [4.69, 9.17) is 9.73 Å². The van der Waals surface area contributed by atoms with E-state index in [2.05, 4.69) is 59.7 Å². The van der Waals surface area contributed by atoms with Crippen molar-refractivity contribution < 1.29 is 4.74 Å². The summed E-state index contributed by atoms with van der Waals surface area (Å²) in [6.45, 7) is 8.55. The van der Waals surface area contributed by atoms with Crippen LogP contribution in [0.15, 0.2) is 23.2 Å². The highest BCUT2D eigenvalue weighted by Gasteiger charge is 2.13. The first kappa shape index (κ1) is 21.5. The number of likely N-dealkylation sites (N-methyl/N-ethyl adjacent to an activating group) is 1. The molecule has 1 heterocycles. The van der Waals surface area contributed by atoms with Gasteiger partial charge in [-0.15, -0.1) is 0 Å². The highest BCUT2D eigenvalue weighted by atomic mass is 16.5. The monoisotopic (exact) mass is 375 g/mol. The number of hydrogen-bond donors (Lipinski definition) is 2. The minimum Gasteiger partial charge on any atom is -0.385 e. The van der Waals surface area contributed by atoms with Gasteiger partial charge in [-0.1, -0.05) is 12.1 Å². The average Bonchev–Trinajstić information content (AvgIpc) is 2.66.